The van der Waals surface area contributed by atoms with Crippen LogP contribution in [0, 0.1) is 11.2 Å². The molecule has 1 unspecified atom stereocenters. The van der Waals surface area contributed by atoms with Gasteiger partial charge >= 0.3 is 0 Å². The van der Waals surface area contributed by atoms with Crippen molar-refractivity contribution in [2.75, 3.05) is 0 Å². The molecule has 2 nitrogen and oxygen atoms in total. The zero-order valence-electron chi connectivity index (χ0n) is 17.1. The first kappa shape index (κ1) is 18.6. The van der Waals surface area contributed by atoms with E-state index in [1.54, 1.807) is 12.1 Å². The molecule has 0 radical (unpaired) electrons. The molecule has 1 heterocycles. The highest BCUT2D eigenvalue weighted by molar-refractivity contribution is 5.90. The molecule has 148 valence electrons. The summed E-state index contributed by atoms with van der Waals surface area (Å²) in [7, 11) is 0. The Morgan fingerprint density at radius 2 is 1.77 bits per heavy atom. The molecule has 0 bridgehead atoms. The van der Waals surface area contributed by atoms with Crippen molar-refractivity contribution in [1.29, 1.82) is 0 Å². The van der Waals surface area contributed by atoms with Crippen LogP contribution in [0.4, 0.5) is 4.39 Å². The number of fused-ring (bicyclic) bond motifs is 2. The second kappa shape index (κ2) is 7.10. The lowest BCUT2D eigenvalue weighted by molar-refractivity contribution is 0.509. The van der Waals surface area contributed by atoms with Gasteiger partial charge in [-0.05, 0) is 65.6 Å². The monoisotopic (exact) mass is 394 g/mol. The molecule has 0 saturated carbocycles. The van der Waals surface area contributed by atoms with Crippen molar-refractivity contribution >= 4 is 22.9 Å². The van der Waals surface area contributed by atoms with E-state index in [-0.39, 0.29) is 11.2 Å². The van der Waals surface area contributed by atoms with Crippen LogP contribution in [0.1, 0.15) is 30.7 Å². The van der Waals surface area contributed by atoms with Crippen molar-refractivity contribution in [3.05, 3.63) is 107 Å². The lowest BCUT2D eigenvalue weighted by Crippen LogP contribution is -2.22. The van der Waals surface area contributed by atoms with Crippen LogP contribution in [0.5, 0.6) is 0 Å². The molecule has 0 amide bonds. The molecule has 3 heteroatoms. The van der Waals surface area contributed by atoms with E-state index in [1.807, 2.05) is 10.9 Å². The maximum atomic E-state index is 13.3. The van der Waals surface area contributed by atoms with Gasteiger partial charge in [0.25, 0.3) is 0 Å². The summed E-state index contributed by atoms with van der Waals surface area (Å²) in [5, 5.41) is 7.10. The molecule has 4 aromatic rings. The number of halogens is 1. The highest BCUT2D eigenvalue weighted by Gasteiger charge is 2.30. The molecule has 0 fully saturated rings. The lowest BCUT2D eigenvalue weighted by atomic mass is 9.73. The average molecular weight is 394 g/mol. The average Bonchev–Trinajstić information content (AvgIpc) is 3.15. The molecule has 0 aliphatic heterocycles. The van der Waals surface area contributed by atoms with Crippen LogP contribution < -0.4 is 0 Å². The molecular weight excluding hydrogens is 371 g/mol. The molecule has 0 spiro atoms. The summed E-state index contributed by atoms with van der Waals surface area (Å²) in [4.78, 5) is 0. The van der Waals surface area contributed by atoms with Gasteiger partial charge in [-0.3, -0.25) is 0 Å². The number of aromatic nitrogens is 2. The quantitative estimate of drug-likeness (QED) is 0.372. The minimum absolute atomic E-state index is 0.0827. The molecule has 3 aromatic carbocycles. The number of nitrogens with zero attached hydrogens (tertiary/aromatic N) is 2. The van der Waals surface area contributed by atoms with Crippen molar-refractivity contribution in [1.82, 2.24) is 9.78 Å². The van der Waals surface area contributed by atoms with Gasteiger partial charge in [0.1, 0.15) is 5.82 Å². The van der Waals surface area contributed by atoms with Crippen molar-refractivity contribution < 1.29 is 4.39 Å². The summed E-state index contributed by atoms with van der Waals surface area (Å²) >= 11 is 0. The van der Waals surface area contributed by atoms with Gasteiger partial charge in [-0.25, -0.2) is 9.07 Å². The van der Waals surface area contributed by atoms with Gasteiger partial charge in [-0.2, -0.15) is 5.10 Å². The fraction of sp³-hybridized carbons (Fsp3) is 0.148. The fourth-order valence-corrected chi connectivity index (χ4v) is 4.23. The predicted octanol–water partition coefficient (Wildman–Crippen LogP) is 6.84. The lowest BCUT2D eigenvalue weighted by Gasteiger charge is -2.31. The van der Waals surface area contributed by atoms with Gasteiger partial charge in [0, 0.05) is 5.41 Å². The standard InChI is InChI=1S/C27H23FN2/c1-19-16-26-22(18-29-30(26)24-12-10-23(28)11-13-24)17-27(19,2)15-14-21-8-5-7-20-6-3-4-9-25(20)21/h3-16,18H,17H2,1-2H3. The Labute approximate surface area is 176 Å². The zero-order valence-corrected chi connectivity index (χ0v) is 17.1. The molecule has 1 aliphatic rings. The van der Waals surface area contributed by atoms with Gasteiger partial charge in [-0.1, -0.05) is 67.1 Å². The highest BCUT2D eigenvalue weighted by Crippen LogP contribution is 2.40. The Hall–Kier alpha value is -3.46. The van der Waals surface area contributed by atoms with Crippen molar-refractivity contribution in [3.63, 3.8) is 0 Å². The van der Waals surface area contributed by atoms with Crippen LogP contribution in [0.25, 0.3) is 28.6 Å². The Morgan fingerprint density at radius 1 is 1.00 bits per heavy atom. The van der Waals surface area contributed by atoms with Crippen molar-refractivity contribution in [2.45, 2.75) is 20.3 Å². The normalized spacial score (nSPS) is 18.6. The second-order valence-corrected chi connectivity index (χ2v) is 8.27. The Balaban J connectivity index is 1.50. The Morgan fingerprint density at radius 3 is 2.60 bits per heavy atom. The Kier molecular flexibility index (Phi) is 4.39. The fourth-order valence-electron chi connectivity index (χ4n) is 4.23. The van der Waals surface area contributed by atoms with E-state index in [1.165, 1.54) is 39.6 Å². The SMILES string of the molecule is CC1=Cc2c(cnn2-c2ccc(F)cc2)CC1(C)C=Cc1cccc2ccccc12. The Bertz CT molecular complexity index is 1290. The van der Waals surface area contributed by atoms with E-state index in [9.17, 15) is 4.39 Å². The minimum Gasteiger partial charge on any atom is -0.233 e. The van der Waals surface area contributed by atoms with E-state index in [4.69, 9.17) is 0 Å². The van der Waals surface area contributed by atoms with Crippen LogP contribution >= 0.6 is 0 Å². The third kappa shape index (κ3) is 3.17. The highest BCUT2D eigenvalue weighted by atomic mass is 19.1. The molecule has 1 atom stereocenters. The largest absolute Gasteiger partial charge is 0.233 e. The van der Waals surface area contributed by atoms with E-state index >= 15 is 0 Å². The maximum Gasteiger partial charge on any atom is 0.123 e. The van der Waals surface area contributed by atoms with Crippen LogP contribution in [0.3, 0.4) is 0 Å². The summed E-state index contributed by atoms with van der Waals surface area (Å²) in [6, 6.07) is 21.4. The van der Waals surface area contributed by atoms with E-state index in [2.05, 4.69) is 79.6 Å². The van der Waals surface area contributed by atoms with Gasteiger partial charge < -0.3 is 0 Å². The third-order valence-electron chi connectivity index (χ3n) is 6.22. The molecule has 1 aliphatic carbocycles. The zero-order chi connectivity index (χ0) is 20.7. The molecule has 5 rings (SSSR count). The smallest absolute Gasteiger partial charge is 0.123 e. The van der Waals surface area contributed by atoms with Gasteiger partial charge in [0.05, 0.1) is 17.6 Å². The van der Waals surface area contributed by atoms with Crippen LogP contribution in [0.2, 0.25) is 0 Å². The van der Waals surface area contributed by atoms with Crippen LogP contribution in [-0.2, 0) is 6.42 Å². The predicted molar refractivity (Wildman–Crippen MR) is 122 cm³/mol. The number of benzene rings is 3. The van der Waals surface area contributed by atoms with Crippen LogP contribution in [0.15, 0.2) is 84.6 Å². The summed E-state index contributed by atoms with van der Waals surface area (Å²) in [6.45, 7) is 4.46. The third-order valence-corrected chi connectivity index (χ3v) is 6.22. The van der Waals surface area contributed by atoms with E-state index < -0.39 is 0 Å². The molecule has 1 aromatic heterocycles. The second-order valence-electron chi connectivity index (χ2n) is 8.27. The molecular formula is C27H23FN2. The van der Waals surface area contributed by atoms with E-state index in [0.717, 1.165) is 17.8 Å². The van der Waals surface area contributed by atoms with E-state index in [0.29, 0.717) is 0 Å². The summed E-state index contributed by atoms with van der Waals surface area (Å²) < 4.78 is 15.2. The number of allylic oxidation sites excluding steroid dienone is 2. The number of rotatable bonds is 3. The number of hydrogen-bond donors (Lipinski definition) is 0. The summed E-state index contributed by atoms with van der Waals surface area (Å²) in [6.07, 6.45) is 9.59. The van der Waals surface area contributed by atoms with Crippen LogP contribution in [-0.4, -0.2) is 9.78 Å². The molecule has 0 saturated heterocycles. The topological polar surface area (TPSA) is 17.8 Å². The summed E-state index contributed by atoms with van der Waals surface area (Å²) in [5.41, 5.74) is 5.59. The first-order valence-electron chi connectivity index (χ1n) is 10.2. The first-order valence-corrected chi connectivity index (χ1v) is 10.2. The minimum atomic E-state index is -0.238. The van der Waals surface area contributed by atoms with Crippen molar-refractivity contribution in [3.8, 4) is 5.69 Å². The van der Waals surface area contributed by atoms with Gasteiger partial charge in [-0.15, -0.1) is 0 Å². The summed E-state index contributed by atoms with van der Waals surface area (Å²) in [5.74, 6) is -0.238. The van der Waals surface area contributed by atoms with Gasteiger partial charge in [0.2, 0.25) is 0 Å². The van der Waals surface area contributed by atoms with Crippen molar-refractivity contribution in [2.24, 2.45) is 5.41 Å². The maximum absolute atomic E-state index is 13.3. The van der Waals surface area contributed by atoms with Gasteiger partial charge in [0.15, 0.2) is 0 Å². The molecule has 0 N–H and O–H groups in total. The number of hydrogen-bond acceptors (Lipinski definition) is 1. The molecule has 30 heavy (non-hydrogen) atoms. The first-order chi connectivity index (χ1) is 14.5.